The minimum atomic E-state index is -0.531. The lowest BCUT2D eigenvalue weighted by atomic mass is 9.90. The summed E-state index contributed by atoms with van der Waals surface area (Å²) in [5.41, 5.74) is 3.77. The van der Waals surface area contributed by atoms with E-state index in [0.717, 1.165) is 53.6 Å². The summed E-state index contributed by atoms with van der Waals surface area (Å²) in [7, 11) is 2.02. The summed E-state index contributed by atoms with van der Waals surface area (Å²) in [5, 5.41) is 20.9. The molecule has 1 heterocycles. The Hall–Kier alpha value is -3.66. The molecule has 1 aromatic heterocycles. The Morgan fingerprint density at radius 3 is 2.59 bits per heavy atom. The molecular formula is C27H33N5O2. The fourth-order valence-corrected chi connectivity index (χ4v) is 4.54. The van der Waals surface area contributed by atoms with Crippen molar-refractivity contribution < 1.29 is 9.53 Å². The topological polar surface area (TPSA) is 91.1 Å². The van der Waals surface area contributed by atoms with Crippen molar-refractivity contribution in [3.63, 3.8) is 0 Å². The Bertz CT molecular complexity index is 1220. The number of alkyl carbamates (subject to hydrolysis) is 1. The van der Waals surface area contributed by atoms with Crippen LogP contribution in [0.5, 0.6) is 0 Å². The minimum Gasteiger partial charge on any atom is -0.444 e. The summed E-state index contributed by atoms with van der Waals surface area (Å²) in [6.07, 6.45) is 5.66. The highest BCUT2D eigenvalue weighted by molar-refractivity contribution is 5.94. The van der Waals surface area contributed by atoms with Gasteiger partial charge in [0, 0.05) is 41.6 Å². The Balaban J connectivity index is 1.53. The quantitative estimate of drug-likeness (QED) is 0.433. The zero-order valence-corrected chi connectivity index (χ0v) is 20.3. The van der Waals surface area contributed by atoms with E-state index in [-0.39, 0.29) is 18.2 Å². The normalized spacial score (nSPS) is 18.2. The second-order valence-corrected chi connectivity index (χ2v) is 9.95. The lowest BCUT2D eigenvalue weighted by Crippen LogP contribution is -2.49. The van der Waals surface area contributed by atoms with E-state index in [1.165, 1.54) is 0 Å². The van der Waals surface area contributed by atoms with Gasteiger partial charge in [-0.25, -0.2) is 4.79 Å². The number of aromatic nitrogens is 1. The molecule has 7 heteroatoms. The van der Waals surface area contributed by atoms with E-state index >= 15 is 0 Å². The van der Waals surface area contributed by atoms with Gasteiger partial charge in [-0.05, 0) is 70.0 Å². The predicted octanol–water partition coefficient (Wildman–Crippen LogP) is 6.04. The highest BCUT2D eigenvalue weighted by Crippen LogP contribution is 2.31. The molecule has 1 aliphatic rings. The van der Waals surface area contributed by atoms with Gasteiger partial charge in [0.05, 0.1) is 17.3 Å². The molecule has 178 valence electrons. The van der Waals surface area contributed by atoms with Gasteiger partial charge in [0.2, 0.25) is 0 Å². The number of fused-ring (bicyclic) bond motifs is 1. The second-order valence-electron chi connectivity index (χ2n) is 9.95. The molecule has 0 bridgehead atoms. The number of carbonyl (C=O) groups excluding carboxylic acids is 1. The van der Waals surface area contributed by atoms with Crippen molar-refractivity contribution in [2.24, 2.45) is 7.05 Å². The lowest BCUT2D eigenvalue weighted by Gasteiger charge is -2.34. The van der Waals surface area contributed by atoms with E-state index in [2.05, 4.69) is 38.7 Å². The van der Waals surface area contributed by atoms with Crippen LogP contribution >= 0.6 is 0 Å². The number of aryl methyl sites for hydroxylation is 1. The molecule has 2 aromatic carbocycles. The smallest absolute Gasteiger partial charge is 0.407 e. The largest absolute Gasteiger partial charge is 0.444 e. The molecule has 1 saturated carbocycles. The van der Waals surface area contributed by atoms with Crippen LogP contribution in [0.15, 0.2) is 48.7 Å². The van der Waals surface area contributed by atoms with Crippen LogP contribution in [0.3, 0.4) is 0 Å². The Morgan fingerprint density at radius 2 is 1.85 bits per heavy atom. The summed E-state index contributed by atoms with van der Waals surface area (Å²) in [4.78, 5) is 12.4. The number of benzene rings is 2. The third-order valence-corrected chi connectivity index (χ3v) is 6.16. The highest BCUT2D eigenvalue weighted by Gasteiger charge is 2.28. The van der Waals surface area contributed by atoms with Crippen molar-refractivity contribution >= 4 is 34.1 Å². The molecule has 2 atom stereocenters. The van der Waals surface area contributed by atoms with Crippen molar-refractivity contribution in [3.8, 4) is 6.07 Å². The van der Waals surface area contributed by atoms with E-state index in [9.17, 15) is 10.1 Å². The first-order valence-corrected chi connectivity index (χ1v) is 11.8. The van der Waals surface area contributed by atoms with Crippen LogP contribution in [0.4, 0.5) is 21.9 Å². The number of anilines is 3. The minimum absolute atomic E-state index is 0.0197. The number of hydrogen-bond donors (Lipinski definition) is 3. The van der Waals surface area contributed by atoms with Gasteiger partial charge in [-0.15, -0.1) is 0 Å². The molecule has 1 fully saturated rings. The number of nitriles is 1. The first-order chi connectivity index (χ1) is 16.2. The summed E-state index contributed by atoms with van der Waals surface area (Å²) in [6.45, 7) is 5.60. The van der Waals surface area contributed by atoms with Gasteiger partial charge in [-0.3, -0.25) is 0 Å². The molecule has 0 saturated heterocycles. The van der Waals surface area contributed by atoms with Crippen molar-refractivity contribution in [2.75, 3.05) is 10.6 Å². The molecule has 0 spiro atoms. The number of ether oxygens (including phenoxy) is 1. The number of carbonyl (C=O) groups is 1. The summed E-state index contributed by atoms with van der Waals surface area (Å²) < 4.78 is 7.54. The Labute approximate surface area is 201 Å². The van der Waals surface area contributed by atoms with Crippen LogP contribution in [-0.4, -0.2) is 28.3 Å². The Kier molecular flexibility index (Phi) is 6.69. The molecule has 1 aliphatic carbocycles. The zero-order valence-electron chi connectivity index (χ0n) is 20.3. The molecule has 4 rings (SSSR count). The van der Waals surface area contributed by atoms with E-state index in [1.54, 1.807) is 0 Å². The van der Waals surface area contributed by atoms with Crippen LogP contribution in [0.2, 0.25) is 0 Å². The van der Waals surface area contributed by atoms with Crippen molar-refractivity contribution in [1.29, 1.82) is 5.26 Å². The second kappa shape index (κ2) is 9.68. The molecule has 0 aliphatic heterocycles. The van der Waals surface area contributed by atoms with E-state index in [0.29, 0.717) is 5.56 Å². The van der Waals surface area contributed by atoms with Crippen molar-refractivity contribution in [1.82, 2.24) is 9.88 Å². The van der Waals surface area contributed by atoms with E-state index in [4.69, 9.17) is 4.74 Å². The average Bonchev–Trinajstić information content (AvgIpc) is 3.16. The Morgan fingerprint density at radius 1 is 1.09 bits per heavy atom. The van der Waals surface area contributed by atoms with Gasteiger partial charge >= 0.3 is 6.09 Å². The number of nitrogens with zero attached hydrogens (tertiary/aromatic N) is 2. The molecule has 1 amide bonds. The van der Waals surface area contributed by atoms with Gasteiger partial charge in [-0.2, -0.15) is 5.26 Å². The van der Waals surface area contributed by atoms with Gasteiger partial charge in [0.1, 0.15) is 11.7 Å². The van der Waals surface area contributed by atoms with E-state index < -0.39 is 5.60 Å². The van der Waals surface area contributed by atoms with Crippen molar-refractivity contribution in [2.45, 2.75) is 64.1 Å². The fourth-order valence-electron chi connectivity index (χ4n) is 4.54. The first kappa shape index (κ1) is 23.5. The maximum Gasteiger partial charge on any atom is 0.407 e. The standard InChI is InChI=1S/C27H33N5O2/c1-27(2,3)34-26(33)31-23-9-6-5-8-22(23)29-19-13-12-18(17-28)24(16-19)30-21-10-7-11-25-20(21)14-15-32(25)4/h7,10-16,22-23,29-30H,5-6,8-9H2,1-4H3,(H,31,33)/t22-,23+/m1/s1. The van der Waals surface area contributed by atoms with Crippen LogP contribution in [0.1, 0.15) is 52.0 Å². The summed E-state index contributed by atoms with van der Waals surface area (Å²) in [5.74, 6) is 0. The monoisotopic (exact) mass is 459 g/mol. The van der Waals surface area contributed by atoms with Crippen LogP contribution in [0.25, 0.3) is 10.9 Å². The highest BCUT2D eigenvalue weighted by atomic mass is 16.6. The zero-order chi connectivity index (χ0) is 24.3. The number of amides is 1. The van der Waals surface area contributed by atoms with E-state index in [1.807, 2.05) is 64.3 Å². The molecule has 0 radical (unpaired) electrons. The molecule has 7 nitrogen and oxygen atoms in total. The van der Waals surface area contributed by atoms with Crippen molar-refractivity contribution in [3.05, 3.63) is 54.2 Å². The maximum atomic E-state index is 12.4. The first-order valence-electron chi connectivity index (χ1n) is 11.8. The van der Waals surface area contributed by atoms with Gasteiger partial charge in [0.25, 0.3) is 0 Å². The van der Waals surface area contributed by atoms with Crippen LogP contribution < -0.4 is 16.0 Å². The third kappa shape index (κ3) is 5.45. The van der Waals surface area contributed by atoms with Crippen LogP contribution in [-0.2, 0) is 11.8 Å². The number of nitrogens with one attached hydrogen (secondary N) is 3. The molecule has 3 aromatic rings. The number of hydrogen-bond acceptors (Lipinski definition) is 5. The fraction of sp³-hybridized carbons (Fsp3) is 0.407. The lowest BCUT2D eigenvalue weighted by molar-refractivity contribution is 0.0488. The molecule has 34 heavy (non-hydrogen) atoms. The van der Waals surface area contributed by atoms with Gasteiger partial charge in [0.15, 0.2) is 0 Å². The third-order valence-electron chi connectivity index (χ3n) is 6.16. The molecular weight excluding hydrogens is 426 g/mol. The average molecular weight is 460 g/mol. The van der Waals surface area contributed by atoms with Crippen LogP contribution in [0, 0.1) is 11.3 Å². The summed E-state index contributed by atoms with van der Waals surface area (Å²) >= 11 is 0. The molecule has 0 unspecified atom stereocenters. The van der Waals surface area contributed by atoms with Gasteiger partial charge < -0.3 is 25.3 Å². The number of rotatable bonds is 5. The summed E-state index contributed by atoms with van der Waals surface area (Å²) in [6, 6.07) is 16.2. The maximum absolute atomic E-state index is 12.4. The van der Waals surface area contributed by atoms with Gasteiger partial charge in [-0.1, -0.05) is 18.9 Å². The predicted molar refractivity (Wildman–Crippen MR) is 136 cm³/mol. The SMILES string of the molecule is Cn1ccc2c(Nc3cc(N[C@@H]4CCCC[C@@H]4NC(=O)OC(C)(C)C)ccc3C#N)cccc21. The molecule has 3 N–H and O–H groups in total.